The zero-order valence-electron chi connectivity index (χ0n) is 7.21. The Balaban J connectivity index is 5.47. The van der Waals surface area contributed by atoms with Crippen LogP contribution in [0.4, 0.5) is 30.7 Å². The van der Waals surface area contributed by atoms with E-state index in [1.54, 1.807) is 0 Å². The molecule has 0 aliphatic heterocycles. The van der Waals surface area contributed by atoms with Crippen LogP contribution in [-0.2, 0) is 4.79 Å². The van der Waals surface area contributed by atoms with Crippen LogP contribution in [0, 0.1) is 11.3 Å². The van der Waals surface area contributed by atoms with Crippen molar-refractivity contribution in [2.24, 2.45) is 0 Å². The Morgan fingerprint density at radius 3 is 1.69 bits per heavy atom. The molecule has 0 aromatic carbocycles. The third-order valence-corrected chi connectivity index (χ3v) is 1.44. The first-order valence-corrected chi connectivity index (χ1v) is 3.35. The lowest BCUT2D eigenvalue weighted by molar-refractivity contribution is -0.342. The Morgan fingerprint density at radius 2 is 1.44 bits per heavy atom. The van der Waals surface area contributed by atoms with Crippen LogP contribution in [0.2, 0.25) is 0 Å². The number of allylic oxidation sites excluding steroid dienone is 1. The second-order valence-corrected chi connectivity index (χ2v) is 2.57. The van der Waals surface area contributed by atoms with Crippen molar-refractivity contribution in [3.05, 3.63) is 12.2 Å². The van der Waals surface area contributed by atoms with Gasteiger partial charge in [-0.2, -0.15) is 36.0 Å². The largest absolute Gasteiger partial charge is 0.460 e. The predicted molar refractivity (Wildman–Crippen MR) is 35.7 cm³/mol. The first kappa shape index (κ1) is 14.4. The summed E-state index contributed by atoms with van der Waals surface area (Å²) in [5, 5.41) is 7.91. The molecule has 0 aliphatic carbocycles. The van der Waals surface area contributed by atoms with Crippen LogP contribution in [0.1, 0.15) is 0 Å². The van der Waals surface area contributed by atoms with Crippen molar-refractivity contribution < 1.29 is 35.5 Å². The lowest BCUT2D eigenvalue weighted by Gasteiger charge is -2.26. The van der Waals surface area contributed by atoms with E-state index in [0.29, 0.717) is 6.07 Å². The number of rotatable bonds is 3. The van der Waals surface area contributed by atoms with Crippen LogP contribution < -0.4 is 0 Å². The molecule has 0 aromatic rings. The molecule has 0 saturated carbocycles. The van der Waals surface area contributed by atoms with Crippen molar-refractivity contribution in [1.82, 2.24) is 0 Å². The molecule has 0 saturated heterocycles. The Morgan fingerprint density at radius 1 is 1.06 bits per heavy atom. The number of Topliss-reactive ketones (excluding diaryl/α,β-unsaturated/α-hetero) is 1. The molecule has 0 amide bonds. The molecule has 0 aliphatic rings. The van der Waals surface area contributed by atoms with Crippen LogP contribution in [-0.4, -0.2) is 23.8 Å². The van der Waals surface area contributed by atoms with Gasteiger partial charge in [0.1, 0.15) is 6.07 Å². The van der Waals surface area contributed by atoms with Gasteiger partial charge in [0, 0.05) is 0 Å². The van der Waals surface area contributed by atoms with Crippen molar-refractivity contribution in [2.75, 3.05) is 0 Å². The van der Waals surface area contributed by atoms with Crippen molar-refractivity contribution in [3.63, 3.8) is 0 Å². The Bertz CT molecular complexity index is 362. The van der Waals surface area contributed by atoms with E-state index in [-0.39, 0.29) is 0 Å². The number of carbonyl (C=O) groups is 1. The van der Waals surface area contributed by atoms with E-state index in [0.717, 1.165) is 0 Å². The molecule has 16 heavy (non-hydrogen) atoms. The molecule has 0 bridgehead atoms. The first-order chi connectivity index (χ1) is 6.89. The minimum absolute atomic E-state index is 0.670. The predicted octanol–water partition coefficient (Wildman–Crippen LogP) is 2.47. The molecule has 9 heteroatoms. The summed E-state index contributed by atoms with van der Waals surface area (Å²) < 4.78 is 84.1. The number of halogens is 7. The number of nitriles is 1. The van der Waals surface area contributed by atoms with Crippen molar-refractivity contribution in [1.29, 1.82) is 5.26 Å². The van der Waals surface area contributed by atoms with E-state index in [4.69, 9.17) is 5.26 Å². The monoisotopic (exact) mass is 249 g/mol. The molecule has 0 aromatic heterocycles. The Labute approximate surface area is 84.0 Å². The van der Waals surface area contributed by atoms with Gasteiger partial charge in [-0.25, -0.2) is 0 Å². The van der Waals surface area contributed by atoms with Gasteiger partial charge < -0.3 is 0 Å². The average molecular weight is 249 g/mol. The minimum Gasteiger partial charge on any atom is -0.286 e. The van der Waals surface area contributed by atoms with E-state index in [9.17, 15) is 35.5 Å². The summed E-state index contributed by atoms with van der Waals surface area (Å²) in [5.41, 5.74) is -1.69. The fourth-order valence-electron chi connectivity index (χ4n) is 0.561. The standard InChI is InChI=1S/C7H2F7NO/c1-3(2-15)4(16)5(8,9)6(10,11)7(12,13)14/h1H2. The fourth-order valence-corrected chi connectivity index (χ4v) is 0.561. The molecule has 0 spiro atoms. The summed E-state index contributed by atoms with van der Waals surface area (Å²) in [6.07, 6.45) is -6.61. The van der Waals surface area contributed by atoms with E-state index in [1.807, 2.05) is 0 Å². The molecule has 0 radical (unpaired) electrons. The molecular weight excluding hydrogens is 247 g/mol. The molecule has 90 valence electrons. The van der Waals surface area contributed by atoms with Gasteiger partial charge in [-0.3, -0.25) is 4.79 Å². The summed E-state index contributed by atoms with van der Waals surface area (Å²) >= 11 is 0. The smallest absolute Gasteiger partial charge is 0.286 e. The quantitative estimate of drug-likeness (QED) is 0.438. The Kier molecular flexibility index (Phi) is 3.39. The van der Waals surface area contributed by atoms with Gasteiger partial charge >= 0.3 is 18.0 Å². The van der Waals surface area contributed by atoms with Crippen molar-refractivity contribution >= 4 is 5.78 Å². The van der Waals surface area contributed by atoms with Crippen molar-refractivity contribution in [2.45, 2.75) is 18.0 Å². The number of ketones is 1. The van der Waals surface area contributed by atoms with E-state index >= 15 is 0 Å². The molecular formula is C7H2F7NO. The van der Waals surface area contributed by atoms with Crippen LogP contribution in [0.25, 0.3) is 0 Å². The summed E-state index contributed by atoms with van der Waals surface area (Å²) in [4.78, 5) is 10.4. The second kappa shape index (κ2) is 3.77. The SMILES string of the molecule is C=C(C#N)C(=O)C(F)(F)C(F)(F)C(F)(F)F. The maximum absolute atomic E-state index is 12.5. The van der Waals surface area contributed by atoms with Crippen LogP contribution in [0.5, 0.6) is 0 Å². The number of hydrogen-bond acceptors (Lipinski definition) is 2. The number of hydrogen-bond donors (Lipinski definition) is 0. The average Bonchev–Trinajstić information content (AvgIpc) is 2.13. The van der Waals surface area contributed by atoms with Gasteiger partial charge in [-0.1, -0.05) is 6.58 Å². The highest BCUT2D eigenvalue weighted by atomic mass is 19.4. The molecule has 0 heterocycles. The number of carbonyl (C=O) groups excluding carboxylic acids is 1. The summed E-state index contributed by atoms with van der Waals surface area (Å²) in [7, 11) is 0. The summed E-state index contributed by atoms with van der Waals surface area (Å²) in [5.74, 6) is -15.6. The molecule has 2 nitrogen and oxygen atoms in total. The lowest BCUT2D eigenvalue weighted by Crippen LogP contribution is -2.56. The normalized spacial score (nSPS) is 13.1. The number of alkyl halides is 7. The van der Waals surface area contributed by atoms with Gasteiger partial charge in [0.05, 0.1) is 5.57 Å². The third-order valence-electron chi connectivity index (χ3n) is 1.44. The topological polar surface area (TPSA) is 40.9 Å². The molecule has 0 fully saturated rings. The van der Waals surface area contributed by atoms with Crippen molar-refractivity contribution in [3.8, 4) is 6.07 Å². The van der Waals surface area contributed by atoms with Crippen LogP contribution in [0.3, 0.4) is 0 Å². The van der Waals surface area contributed by atoms with Gasteiger partial charge in [0.25, 0.3) is 0 Å². The maximum atomic E-state index is 12.5. The zero-order chi connectivity index (χ0) is 13.4. The van der Waals surface area contributed by atoms with E-state index < -0.39 is 29.4 Å². The van der Waals surface area contributed by atoms with Gasteiger partial charge in [0.2, 0.25) is 5.78 Å². The fraction of sp³-hybridized carbons (Fsp3) is 0.429. The third kappa shape index (κ3) is 2.00. The highest BCUT2D eigenvalue weighted by molar-refractivity contribution is 6.04. The lowest BCUT2D eigenvalue weighted by atomic mass is 10.0. The molecule has 0 unspecified atom stereocenters. The van der Waals surface area contributed by atoms with Gasteiger partial charge in [-0.05, 0) is 0 Å². The van der Waals surface area contributed by atoms with Crippen LogP contribution in [0.15, 0.2) is 12.2 Å². The molecule has 0 N–H and O–H groups in total. The minimum atomic E-state index is -6.61. The molecule has 0 atom stereocenters. The van der Waals surface area contributed by atoms with Crippen LogP contribution >= 0.6 is 0 Å². The zero-order valence-corrected chi connectivity index (χ0v) is 7.21. The van der Waals surface area contributed by atoms with Gasteiger partial charge in [0.15, 0.2) is 0 Å². The molecule has 0 rings (SSSR count). The second-order valence-electron chi connectivity index (χ2n) is 2.57. The Hall–Kier alpha value is -1.59. The van der Waals surface area contributed by atoms with E-state index in [2.05, 4.69) is 6.58 Å². The maximum Gasteiger partial charge on any atom is 0.460 e. The van der Waals surface area contributed by atoms with Gasteiger partial charge in [-0.15, -0.1) is 0 Å². The first-order valence-electron chi connectivity index (χ1n) is 3.35. The summed E-state index contributed by atoms with van der Waals surface area (Å²) in [6, 6.07) is 0.670. The highest BCUT2D eigenvalue weighted by Gasteiger charge is 2.76. The van der Waals surface area contributed by atoms with E-state index in [1.165, 1.54) is 0 Å². The highest BCUT2D eigenvalue weighted by Crippen LogP contribution is 2.47. The summed E-state index contributed by atoms with van der Waals surface area (Å²) in [6.45, 7) is 2.34. The number of nitrogens with zero attached hydrogens (tertiary/aromatic N) is 1.